The Bertz CT molecular complexity index is 1200. The molecule has 2 atom stereocenters. The largest absolute Gasteiger partial charge is 0.326 e. The molecular weight excluding hydrogens is 427 g/mol. The van der Waals surface area contributed by atoms with Crippen LogP contribution in [0.2, 0.25) is 5.02 Å². The van der Waals surface area contributed by atoms with Crippen molar-refractivity contribution in [2.24, 2.45) is 5.92 Å². The maximum atomic E-state index is 13.9. The number of amides is 1. The lowest BCUT2D eigenvalue weighted by atomic mass is 10.1. The zero-order valence-corrected chi connectivity index (χ0v) is 17.3. The van der Waals surface area contributed by atoms with E-state index in [1.54, 1.807) is 54.6 Å². The highest BCUT2D eigenvalue weighted by molar-refractivity contribution is 7.92. The molecule has 0 spiro atoms. The van der Waals surface area contributed by atoms with Crippen LogP contribution < -0.4 is 10.0 Å². The van der Waals surface area contributed by atoms with Gasteiger partial charge in [-0.3, -0.25) is 9.52 Å². The summed E-state index contributed by atoms with van der Waals surface area (Å²) in [4.78, 5) is 12.6. The van der Waals surface area contributed by atoms with E-state index in [2.05, 4.69) is 10.0 Å². The van der Waals surface area contributed by atoms with Gasteiger partial charge in [0.1, 0.15) is 5.82 Å². The molecule has 1 aliphatic rings. The number of nitrogens with one attached hydrogen (secondary N) is 2. The molecule has 30 heavy (non-hydrogen) atoms. The first-order valence-corrected chi connectivity index (χ1v) is 11.1. The molecule has 1 fully saturated rings. The second-order valence-electron chi connectivity index (χ2n) is 7.10. The van der Waals surface area contributed by atoms with E-state index in [0.717, 1.165) is 0 Å². The number of carbonyl (C=O) groups excluding carboxylic acids is 1. The van der Waals surface area contributed by atoms with Crippen molar-refractivity contribution in [3.8, 4) is 0 Å². The van der Waals surface area contributed by atoms with Gasteiger partial charge in [-0.1, -0.05) is 35.9 Å². The van der Waals surface area contributed by atoms with Gasteiger partial charge in [0, 0.05) is 22.3 Å². The number of halogens is 2. The van der Waals surface area contributed by atoms with E-state index in [0.29, 0.717) is 28.4 Å². The van der Waals surface area contributed by atoms with Crippen LogP contribution >= 0.6 is 11.6 Å². The fraction of sp³-hybridized carbons (Fsp3) is 0.136. The van der Waals surface area contributed by atoms with Gasteiger partial charge in [-0.15, -0.1) is 0 Å². The lowest BCUT2D eigenvalue weighted by Gasteiger charge is -2.10. The van der Waals surface area contributed by atoms with Crippen molar-refractivity contribution in [1.29, 1.82) is 0 Å². The van der Waals surface area contributed by atoms with Crippen LogP contribution in [0.25, 0.3) is 0 Å². The normalized spacial score (nSPS) is 17.9. The molecule has 0 saturated heterocycles. The Morgan fingerprint density at radius 1 is 0.967 bits per heavy atom. The molecule has 4 rings (SSSR count). The van der Waals surface area contributed by atoms with Gasteiger partial charge in [-0.2, -0.15) is 0 Å². The number of carbonyl (C=O) groups is 1. The molecule has 8 heteroatoms. The van der Waals surface area contributed by atoms with Crippen LogP contribution in [0.1, 0.15) is 17.9 Å². The van der Waals surface area contributed by atoms with Crippen LogP contribution in [0.15, 0.2) is 77.7 Å². The van der Waals surface area contributed by atoms with Gasteiger partial charge in [0.05, 0.1) is 4.90 Å². The summed E-state index contributed by atoms with van der Waals surface area (Å²) >= 11 is 5.82. The van der Waals surface area contributed by atoms with Crippen molar-refractivity contribution < 1.29 is 17.6 Å². The van der Waals surface area contributed by atoms with E-state index in [-0.39, 0.29) is 28.5 Å². The first-order valence-electron chi connectivity index (χ1n) is 9.27. The Hall–Kier alpha value is -2.90. The lowest BCUT2D eigenvalue weighted by Crippen LogP contribution is -2.16. The van der Waals surface area contributed by atoms with E-state index in [1.165, 1.54) is 18.2 Å². The van der Waals surface area contributed by atoms with Gasteiger partial charge >= 0.3 is 0 Å². The first kappa shape index (κ1) is 20.4. The summed E-state index contributed by atoms with van der Waals surface area (Å²) in [6, 6.07) is 18.7. The summed E-state index contributed by atoms with van der Waals surface area (Å²) in [7, 11) is -3.84. The van der Waals surface area contributed by atoms with Crippen molar-refractivity contribution in [1.82, 2.24) is 0 Å². The van der Waals surface area contributed by atoms with E-state index < -0.39 is 10.0 Å². The van der Waals surface area contributed by atoms with E-state index in [9.17, 15) is 17.6 Å². The van der Waals surface area contributed by atoms with Gasteiger partial charge in [-0.25, -0.2) is 12.8 Å². The van der Waals surface area contributed by atoms with Crippen LogP contribution in [0.5, 0.6) is 0 Å². The number of rotatable bonds is 6. The second-order valence-corrected chi connectivity index (χ2v) is 9.22. The predicted octanol–water partition coefficient (Wildman–Crippen LogP) is 5.02. The molecule has 3 aromatic rings. The number of benzene rings is 3. The average Bonchev–Trinajstić information content (AvgIpc) is 3.51. The third-order valence-electron chi connectivity index (χ3n) is 4.94. The van der Waals surface area contributed by atoms with Crippen molar-refractivity contribution in [2.45, 2.75) is 17.2 Å². The standard InChI is InChI=1S/C22H18ClFN2O3S/c23-14-8-10-15(11-9-14)26-30(28,29)17-5-3-4-16(12-17)25-22(27)20-13-19(20)18-6-1-2-7-21(18)24/h1-12,19-20,26H,13H2,(H,25,27). The Kier molecular flexibility index (Phi) is 5.49. The molecule has 3 aromatic carbocycles. The molecule has 0 radical (unpaired) electrons. The Balaban J connectivity index is 1.45. The molecule has 1 saturated carbocycles. The SMILES string of the molecule is O=C(Nc1cccc(S(=O)(=O)Nc2ccc(Cl)cc2)c1)C1CC1c1ccccc1F. The van der Waals surface area contributed by atoms with Crippen LogP contribution in [-0.4, -0.2) is 14.3 Å². The van der Waals surface area contributed by atoms with E-state index in [1.807, 2.05) is 0 Å². The smallest absolute Gasteiger partial charge is 0.261 e. The van der Waals surface area contributed by atoms with Crippen molar-refractivity contribution in [2.75, 3.05) is 10.0 Å². The predicted molar refractivity (Wildman–Crippen MR) is 115 cm³/mol. The minimum Gasteiger partial charge on any atom is -0.326 e. The lowest BCUT2D eigenvalue weighted by molar-refractivity contribution is -0.117. The number of anilines is 2. The zero-order valence-electron chi connectivity index (χ0n) is 15.7. The minimum absolute atomic E-state index is 0.0108. The molecule has 0 aliphatic heterocycles. The van der Waals surface area contributed by atoms with Gasteiger partial charge in [0.15, 0.2) is 0 Å². The topological polar surface area (TPSA) is 75.3 Å². The highest BCUT2D eigenvalue weighted by Crippen LogP contribution is 2.48. The van der Waals surface area contributed by atoms with Crippen LogP contribution in [0.4, 0.5) is 15.8 Å². The van der Waals surface area contributed by atoms with Gasteiger partial charge in [0.2, 0.25) is 5.91 Å². The summed E-state index contributed by atoms with van der Waals surface area (Å²) in [5, 5.41) is 3.23. The molecule has 0 aromatic heterocycles. The van der Waals surface area contributed by atoms with Crippen molar-refractivity contribution in [3.05, 3.63) is 89.2 Å². The zero-order chi connectivity index (χ0) is 21.3. The molecule has 5 nitrogen and oxygen atoms in total. The Labute approximate surface area is 178 Å². The van der Waals surface area contributed by atoms with Crippen molar-refractivity contribution >= 4 is 38.9 Å². The summed E-state index contributed by atoms with van der Waals surface area (Å²) < 4.78 is 41.7. The summed E-state index contributed by atoms with van der Waals surface area (Å²) in [5.74, 6) is -1.08. The Morgan fingerprint density at radius 3 is 2.43 bits per heavy atom. The van der Waals surface area contributed by atoms with Crippen LogP contribution in [0.3, 0.4) is 0 Å². The third kappa shape index (κ3) is 4.47. The van der Waals surface area contributed by atoms with Crippen LogP contribution in [-0.2, 0) is 14.8 Å². The van der Waals surface area contributed by atoms with Crippen LogP contribution in [0, 0.1) is 11.7 Å². The number of hydrogen-bond donors (Lipinski definition) is 2. The number of sulfonamides is 1. The summed E-state index contributed by atoms with van der Waals surface area (Å²) in [6.45, 7) is 0. The molecule has 0 bridgehead atoms. The molecule has 1 amide bonds. The molecule has 154 valence electrons. The number of hydrogen-bond acceptors (Lipinski definition) is 3. The average molecular weight is 445 g/mol. The van der Waals surface area contributed by atoms with Gasteiger partial charge < -0.3 is 5.32 Å². The quantitative estimate of drug-likeness (QED) is 0.560. The molecule has 1 aliphatic carbocycles. The first-order chi connectivity index (χ1) is 14.3. The Morgan fingerprint density at radius 2 is 1.70 bits per heavy atom. The molecule has 0 heterocycles. The maximum absolute atomic E-state index is 13.9. The van der Waals surface area contributed by atoms with E-state index >= 15 is 0 Å². The summed E-state index contributed by atoms with van der Waals surface area (Å²) in [5.41, 5.74) is 1.26. The monoisotopic (exact) mass is 444 g/mol. The second kappa shape index (κ2) is 8.08. The van der Waals surface area contributed by atoms with Crippen molar-refractivity contribution in [3.63, 3.8) is 0 Å². The fourth-order valence-electron chi connectivity index (χ4n) is 3.31. The summed E-state index contributed by atoms with van der Waals surface area (Å²) in [6.07, 6.45) is 0.558. The minimum atomic E-state index is -3.84. The highest BCUT2D eigenvalue weighted by Gasteiger charge is 2.45. The van der Waals surface area contributed by atoms with E-state index in [4.69, 9.17) is 11.6 Å². The fourth-order valence-corrected chi connectivity index (χ4v) is 4.54. The molecule has 2 N–H and O–H groups in total. The highest BCUT2D eigenvalue weighted by atomic mass is 35.5. The van der Waals surface area contributed by atoms with Gasteiger partial charge in [0.25, 0.3) is 10.0 Å². The molecule has 2 unspecified atom stereocenters. The maximum Gasteiger partial charge on any atom is 0.261 e. The van der Waals surface area contributed by atoms with Gasteiger partial charge in [-0.05, 0) is 66.4 Å². The molecular formula is C22H18ClFN2O3S. The third-order valence-corrected chi connectivity index (χ3v) is 6.57.